The van der Waals surface area contributed by atoms with Crippen molar-refractivity contribution in [3.63, 3.8) is 0 Å². The van der Waals surface area contributed by atoms with E-state index in [1.165, 1.54) is 5.56 Å². The maximum absolute atomic E-state index is 9.50. The average Bonchev–Trinajstić information content (AvgIpc) is 2.76. The van der Waals surface area contributed by atoms with Crippen LogP contribution in [0.1, 0.15) is 11.4 Å². The SMILES string of the molecule is Cc1cccc(-n2c(CO)nc3cc(N)ccc32)c1. The van der Waals surface area contributed by atoms with Gasteiger partial charge in [0.05, 0.1) is 11.0 Å². The summed E-state index contributed by atoms with van der Waals surface area (Å²) in [7, 11) is 0. The van der Waals surface area contributed by atoms with E-state index in [1.807, 2.05) is 47.9 Å². The van der Waals surface area contributed by atoms with Crippen LogP contribution in [0.4, 0.5) is 5.69 Å². The Morgan fingerprint density at radius 1 is 1.21 bits per heavy atom. The van der Waals surface area contributed by atoms with Crippen LogP contribution < -0.4 is 5.73 Å². The van der Waals surface area contributed by atoms with E-state index in [-0.39, 0.29) is 6.61 Å². The zero-order chi connectivity index (χ0) is 13.4. The van der Waals surface area contributed by atoms with Crippen LogP contribution >= 0.6 is 0 Å². The number of aliphatic hydroxyl groups excluding tert-OH is 1. The summed E-state index contributed by atoms with van der Waals surface area (Å²) in [5.41, 5.74) is 10.4. The number of aromatic nitrogens is 2. The molecule has 4 nitrogen and oxygen atoms in total. The summed E-state index contributed by atoms with van der Waals surface area (Å²) in [5.74, 6) is 0.617. The summed E-state index contributed by atoms with van der Waals surface area (Å²) in [6.07, 6.45) is 0. The van der Waals surface area contributed by atoms with E-state index in [2.05, 4.69) is 11.1 Å². The maximum atomic E-state index is 9.50. The summed E-state index contributed by atoms with van der Waals surface area (Å²) < 4.78 is 1.96. The fraction of sp³-hybridized carbons (Fsp3) is 0.133. The molecule has 0 unspecified atom stereocenters. The Hall–Kier alpha value is -2.33. The third kappa shape index (κ3) is 1.96. The monoisotopic (exact) mass is 253 g/mol. The molecule has 0 atom stereocenters. The first-order chi connectivity index (χ1) is 9.19. The quantitative estimate of drug-likeness (QED) is 0.689. The summed E-state index contributed by atoms with van der Waals surface area (Å²) in [6, 6.07) is 13.7. The molecular formula is C15H15N3O. The minimum Gasteiger partial charge on any atom is -0.399 e. The molecule has 1 aromatic heterocycles. The van der Waals surface area contributed by atoms with Crippen molar-refractivity contribution in [1.29, 1.82) is 0 Å². The topological polar surface area (TPSA) is 64.1 Å². The molecule has 3 N–H and O–H groups in total. The van der Waals surface area contributed by atoms with Gasteiger partial charge in [0.25, 0.3) is 0 Å². The first-order valence-corrected chi connectivity index (χ1v) is 6.14. The van der Waals surface area contributed by atoms with Gasteiger partial charge in [-0.2, -0.15) is 0 Å². The molecule has 0 saturated carbocycles. The van der Waals surface area contributed by atoms with Gasteiger partial charge in [-0.05, 0) is 42.8 Å². The van der Waals surface area contributed by atoms with Crippen molar-refractivity contribution >= 4 is 16.7 Å². The second kappa shape index (κ2) is 4.40. The highest BCUT2D eigenvalue weighted by Crippen LogP contribution is 2.23. The number of hydrogen-bond donors (Lipinski definition) is 2. The van der Waals surface area contributed by atoms with Crippen LogP contribution in [0.5, 0.6) is 0 Å². The Balaban J connectivity index is 2.32. The molecule has 3 rings (SSSR count). The number of anilines is 1. The predicted octanol–water partition coefficient (Wildman–Crippen LogP) is 2.41. The van der Waals surface area contributed by atoms with Crippen molar-refractivity contribution in [2.24, 2.45) is 0 Å². The van der Waals surface area contributed by atoms with Crippen LogP contribution in [0, 0.1) is 6.92 Å². The number of aliphatic hydroxyl groups is 1. The van der Waals surface area contributed by atoms with Crippen molar-refractivity contribution in [3.05, 3.63) is 53.9 Å². The lowest BCUT2D eigenvalue weighted by Crippen LogP contribution is -2.01. The zero-order valence-electron chi connectivity index (χ0n) is 10.7. The summed E-state index contributed by atoms with van der Waals surface area (Å²) in [4.78, 5) is 4.43. The highest BCUT2D eigenvalue weighted by atomic mass is 16.3. The Morgan fingerprint density at radius 3 is 2.79 bits per heavy atom. The smallest absolute Gasteiger partial charge is 0.140 e. The Bertz CT molecular complexity index is 746. The molecule has 0 saturated heterocycles. The minimum atomic E-state index is -0.109. The molecule has 0 bridgehead atoms. The zero-order valence-corrected chi connectivity index (χ0v) is 10.7. The second-order valence-corrected chi connectivity index (χ2v) is 4.61. The van der Waals surface area contributed by atoms with Crippen LogP contribution in [0.2, 0.25) is 0 Å². The number of benzene rings is 2. The van der Waals surface area contributed by atoms with Gasteiger partial charge < -0.3 is 10.8 Å². The number of rotatable bonds is 2. The van der Waals surface area contributed by atoms with Crippen molar-refractivity contribution in [2.45, 2.75) is 13.5 Å². The van der Waals surface area contributed by atoms with Crippen LogP contribution in [-0.2, 0) is 6.61 Å². The molecule has 19 heavy (non-hydrogen) atoms. The molecule has 0 fully saturated rings. The maximum Gasteiger partial charge on any atom is 0.140 e. The van der Waals surface area contributed by atoms with Gasteiger partial charge in [0.1, 0.15) is 12.4 Å². The number of hydrogen-bond acceptors (Lipinski definition) is 3. The van der Waals surface area contributed by atoms with Crippen molar-refractivity contribution < 1.29 is 5.11 Å². The summed E-state index contributed by atoms with van der Waals surface area (Å²) in [6.45, 7) is 1.93. The van der Waals surface area contributed by atoms with Crippen molar-refractivity contribution in [2.75, 3.05) is 5.73 Å². The number of imidazole rings is 1. The van der Waals surface area contributed by atoms with Gasteiger partial charge in [-0.15, -0.1) is 0 Å². The summed E-state index contributed by atoms with van der Waals surface area (Å²) in [5, 5.41) is 9.50. The Morgan fingerprint density at radius 2 is 2.05 bits per heavy atom. The fourth-order valence-electron chi connectivity index (χ4n) is 2.31. The normalized spacial score (nSPS) is 11.1. The van der Waals surface area contributed by atoms with Crippen molar-refractivity contribution in [3.8, 4) is 5.69 Å². The number of nitrogens with zero attached hydrogens (tertiary/aromatic N) is 2. The molecule has 2 aromatic carbocycles. The van der Waals surface area contributed by atoms with Gasteiger partial charge in [0, 0.05) is 11.4 Å². The van der Waals surface area contributed by atoms with E-state index in [4.69, 9.17) is 5.73 Å². The lowest BCUT2D eigenvalue weighted by atomic mass is 10.2. The molecule has 1 heterocycles. The number of aryl methyl sites for hydroxylation is 1. The summed E-state index contributed by atoms with van der Waals surface area (Å²) >= 11 is 0. The molecular weight excluding hydrogens is 238 g/mol. The lowest BCUT2D eigenvalue weighted by molar-refractivity contribution is 0.270. The molecule has 0 spiro atoms. The molecule has 0 aliphatic rings. The number of fused-ring (bicyclic) bond motifs is 1. The number of nitrogen functional groups attached to an aromatic ring is 1. The van der Waals surface area contributed by atoms with Gasteiger partial charge in [0.2, 0.25) is 0 Å². The Kier molecular flexibility index (Phi) is 2.72. The molecule has 0 radical (unpaired) electrons. The molecule has 3 aromatic rings. The lowest BCUT2D eigenvalue weighted by Gasteiger charge is -2.08. The van der Waals surface area contributed by atoms with E-state index >= 15 is 0 Å². The number of nitrogens with two attached hydrogens (primary N) is 1. The van der Waals surface area contributed by atoms with E-state index in [1.54, 1.807) is 0 Å². The van der Waals surface area contributed by atoms with E-state index in [0.717, 1.165) is 16.7 Å². The van der Waals surface area contributed by atoms with E-state index in [9.17, 15) is 5.11 Å². The van der Waals surface area contributed by atoms with E-state index in [0.29, 0.717) is 11.5 Å². The average molecular weight is 253 g/mol. The van der Waals surface area contributed by atoms with Gasteiger partial charge >= 0.3 is 0 Å². The second-order valence-electron chi connectivity index (χ2n) is 4.61. The van der Waals surface area contributed by atoms with Gasteiger partial charge in [-0.25, -0.2) is 4.98 Å². The molecule has 0 amide bonds. The van der Waals surface area contributed by atoms with Crippen LogP contribution in [0.3, 0.4) is 0 Å². The standard InChI is InChI=1S/C15H15N3O/c1-10-3-2-4-12(7-10)18-14-6-5-11(16)8-13(14)17-15(18)9-19/h2-8,19H,9,16H2,1H3. The van der Waals surface area contributed by atoms with Crippen LogP contribution in [0.15, 0.2) is 42.5 Å². The highest BCUT2D eigenvalue weighted by molar-refractivity contribution is 5.81. The third-order valence-corrected chi connectivity index (χ3v) is 3.15. The first kappa shape index (κ1) is 11.7. The van der Waals surface area contributed by atoms with Crippen LogP contribution in [-0.4, -0.2) is 14.7 Å². The van der Waals surface area contributed by atoms with Crippen LogP contribution in [0.25, 0.3) is 16.7 Å². The third-order valence-electron chi connectivity index (χ3n) is 3.15. The highest BCUT2D eigenvalue weighted by Gasteiger charge is 2.11. The Labute approximate surface area is 111 Å². The minimum absolute atomic E-state index is 0.109. The molecule has 0 aliphatic heterocycles. The predicted molar refractivity (Wildman–Crippen MR) is 76.1 cm³/mol. The van der Waals surface area contributed by atoms with Crippen molar-refractivity contribution in [1.82, 2.24) is 9.55 Å². The van der Waals surface area contributed by atoms with Gasteiger partial charge in [-0.1, -0.05) is 12.1 Å². The molecule has 0 aliphatic carbocycles. The first-order valence-electron chi connectivity index (χ1n) is 6.14. The van der Waals surface area contributed by atoms with Gasteiger partial charge in [-0.3, -0.25) is 4.57 Å². The largest absolute Gasteiger partial charge is 0.399 e. The molecule has 4 heteroatoms. The van der Waals surface area contributed by atoms with E-state index < -0.39 is 0 Å². The van der Waals surface area contributed by atoms with Gasteiger partial charge in [0.15, 0.2) is 0 Å². The fourth-order valence-corrected chi connectivity index (χ4v) is 2.31. The molecule has 96 valence electrons.